The topological polar surface area (TPSA) is 34.1 Å². The second-order valence-corrected chi connectivity index (χ2v) is 3.93. The summed E-state index contributed by atoms with van der Waals surface area (Å²) < 4.78 is 0. The van der Waals surface area contributed by atoms with Gasteiger partial charge >= 0.3 is 0 Å². The van der Waals surface area contributed by atoms with E-state index >= 15 is 0 Å². The van der Waals surface area contributed by atoms with E-state index in [0.717, 1.165) is 17.4 Å². The van der Waals surface area contributed by atoms with Crippen LogP contribution >= 0.6 is 11.6 Å². The highest BCUT2D eigenvalue weighted by Crippen LogP contribution is 2.20. The summed E-state index contributed by atoms with van der Waals surface area (Å²) >= 11 is 5.36. The van der Waals surface area contributed by atoms with Crippen LogP contribution in [-0.2, 0) is 0 Å². The number of hydrogen-bond donors (Lipinski definition) is 0. The van der Waals surface area contributed by atoms with Gasteiger partial charge in [0.05, 0.1) is 0 Å². The molecule has 0 amide bonds. The van der Waals surface area contributed by atoms with Gasteiger partial charge < -0.3 is 0 Å². The molecule has 0 saturated carbocycles. The first-order chi connectivity index (χ1) is 8.20. The van der Waals surface area contributed by atoms with Crippen LogP contribution in [0.3, 0.4) is 0 Å². The van der Waals surface area contributed by atoms with Gasteiger partial charge in [0.1, 0.15) is 6.29 Å². The summed E-state index contributed by atoms with van der Waals surface area (Å²) in [6, 6.07) is 14.2. The highest BCUT2D eigenvalue weighted by Gasteiger charge is 2.02. The molecule has 3 heteroatoms. The molecular formula is C14H9ClO2. The van der Waals surface area contributed by atoms with Crippen molar-refractivity contribution >= 4 is 23.1 Å². The van der Waals surface area contributed by atoms with E-state index in [1.165, 1.54) is 0 Å². The second kappa shape index (κ2) is 4.93. The van der Waals surface area contributed by atoms with E-state index in [-0.39, 0.29) is 0 Å². The van der Waals surface area contributed by atoms with Crippen LogP contribution < -0.4 is 0 Å². The van der Waals surface area contributed by atoms with E-state index < -0.39 is 5.24 Å². The maximum Gasteiger partial charge on any atom is 0.252 e. The molecule has 0 radical (unpaired) electrons. The maximum atomic E-state index is 10.9. The zero-order chi connectivity index (χ0) is 12.3. The maximum absolute atomic E-state index is 10.9. The van der Waals surface area contributed by atoms with Gasteiger partial charge in [-0.05, 0) is 34.9 Å². The summed E-state index contributed by atoms with van der Waals surface area (Å²) in [5, 5.41) is -0.465. The van der Waals surface area contributed by atoms with Crippen LogP contribution in [0.25, 0.3) is 11.1 Å². The molecule has 0 aliphatic carbocycles. The molecule has 0 atom stereocenters. The van der Waals surface area contributed by atoms with Crippen molar-refractivity contribution in [1.82, 2.24) is 0 Å². The molecule has 0 heterocycles. The Labute approximate surface area is 104 Å². The molecule has 0 aliphatic heterocycles. The summed E-state index contributed by atoms with van der Waals surface area (Å²) in [4.78, 5) is 21.4. The van der Waals surface area contributed by atoms with Gasteiger partial charge in [-0.1, -0.05) is 36.4 Å². The van der Waals surface area contributed by atoms with Crippen molar-refractivity contribution in [3.63, 3.8) is 0 Å². The normalized spacial score (nSPS) is 9.94. The molecule has 2 nitrogen and oxygen atoms in total. The first kappa shape index (κ1) is 11.6. The summed E-state index contributed by atoms with van der Waals surface area (Å²) in [6.45, 7) is 0. The van der Waals surface area contributed by atoms with E-state index in [0.29, 0.717) is 11.1 Å². The fraction of sp³-hybridized carbons (Fsp3) is 0. The van der Waals surface area contributed by atoms with Crippen molar-refractivity contribution in [3.8, 4) is 11.1 Å². The first-order valence-corrected chi connectivity index (χ1v) is 5.44. The molecule has 2 aromatic rings. The molecular weight excluding hydrogens is 236 g/mol. The SMILES string of the molecule is O=Cc1ccc(-c2ccc(C(=O)Cl)cc2)cc1. The highest BCUT2D eigenvalue weighted by molar-refractivity contribution is 6.67. The highest BCUT2D eigenvalue weighted by atomic mass is 35.5. The number of rotatable bonds is 3. The minimum absolute atomic E-state index is 0.465. The summed E-state index contributed by atoms with van der Waals surface area (Å²) in [6.07, 6.45) is 0.805. The molecule has 0 N–H and O–H groups in total. The average Bonchev–Trinajstić information content (AvgIpc) is 2.39. The van der Waals surface area contributed by atoms with Gasteiger partial charge in [-0.3, -0.25) is 9.59 Å². The summed E-state index contributed by atoms with van der Waals surface area (Å²) in [5.74, 6) is 0. The zero-order valence-corrected chi connectivity index (χ0v) is 9.65. The van der Waals surface area contributed by atoms with Gasteiger partial charge in [0.2, 0.25) is 0 Å². The van der Waals surface area contributed by atoms with Crippen molar-refractivity contribution in [1.29, 1.82) is 0 Å². The lowest BCUT2D eigenvalue weighted by molar-refractivity contribution is 0.108. The lowest BCUT2D eigenvalue weighted by Gasteiger charge is -2.02. The van der Waals surface area contributed by atoms with E-state index in [1.807, 2.05) is 24.3 Å². The predicted molar refractivity (Wildman–Crippen MR) is 67.4 cm³/mol. The van der Waals surface area contributed by atoms with Crippen LogP contribution in [0.1, 0.15) is 20.7 Å². The van der Waals surface area contributed by atoms with Gasteiger partial charge in [-0.25, -0.2) is 0 Å². The zero-order valence-electron chi connectivity index (χ0n) is 8.89. The lowest BCUT2D eigenvalue weighted by Crippen LogP contribution is -1.88. The molecule has 2 aromatic carbocycles. The Balaban J connectivity index is 2.32. The molecule has 84 valence electrons. The Morgan fingerprint density at radius 3 is 1.76 bits per heavy atom. The molecule has 0 saturated heterocycles. The van der Waals surface area contributed by atoms with E-state index in [1.54, 1.807) is 24.3 Å². The molecule has 0 unspecified atom stereocenters. The van der Waals surface area contributed by atoms with Gasteiger partial charge in [-0.15, -0.1) is 0 Å². The molecule has 0 aromatic heterocycles. The first-order valence-electron chi connectivity index (χ1n) is 5.06. The van der Waals surface area contributed by atoms with E-state index in [9.17, 15) is 9.59 Å². The van der Waals surface area contributed by atoms with Crippen LogP contribution in [0.15, 0.2) is 48.5 Å². The van der Waals surface area contributed by atoms with Gasteiger partial charge in [0.25, 0.3) is 5.24 Å². The minimum atomic E-state index is -0.465. The van der Waals surface area contributed by atoms with Crippen LogP contribution in [-0.4, -0.2) is 11.5 Å². The average molecular weight is 245 g/mol. The molecule has 0 aliphatic rings. The second-order valence-electron chi connectivity index (χ2n) is 3.59. The fourth-order valence-corrected chi connectivity index (χ4v) is 1.67. The number of carbonyl (C=O) groups excluding carboxylic acids is 2. The predicted octanol–water partition coefficient (Wildman–Crippen LogP) is 3.55. The Bertz CT molecular complexity index is 541. The van der Waals surface area contributed by atoms with Gasteiger partial charge in [-0.2, -0.15) is 0 Å². The quantitative estimate of drug-likeness (QED) is 0.611. The third-order valence-corrected chi connectivity index (χ3v) is 2.71. The van der Waals surface area contributed by atoms with Crippen LogP contribution in [0.5, 0.6) is 0 Å². The van der Waals surface area contributed by atoms with Crippen molar-refractivity contribution in [3.05, 3.63) is 59.7 Å². The van der Waals surface area contributed by atoms with Crippen molar-refractivity contribution in [2.24, 2.45) is 0 Å². The van der Waals surface area contributed by atoms with Crippen LogP contribution in [0.2, 0.25) is 0 Å². The number of benzene rings is 2. The number of halogens is 1. The van der Waals surface area contributed by atoms with Crippen molar-refractivity contribution < 1.29 is 9.59 Å². The van der Waals surface area contributed by atoms with E-state index in [4.69, 9.17) is 11.6 Å². The van der Waals surface area contributed by atoms with Crippen molar-refractivity contribution in [2.75, 3.05) is 0 Å². The monoisotopic (exact) mass is 244 g/mol. The Kier molecular flexibility index (Phi) is 3.35. The van der Waals surface area contributed by atoms with Crippen molar-refractivity contribution in [2.45, 2.75) is 0 Å². The minimum Gasteiger partial charge on any atom is -0.298 e. The van der Waals surface area contributed by atoms with Crippen LogP contribution in [0, 0.1) is 0 Å². The Hall–Kier alpha value is -1.93. The number of aldehydes is 1. The van der Waals surface area contributed by atoms with Gasteiger partial charge in [0.15, 0.2) is 0 Å². The molecule has 2 rings (SSSR count). The molecule has 0 spiro atoms. The molecule has 0 bridgehead atoms. The molecule has 0 fully saturated rings. The number of hydrogen-bond acceptors (Lipinski definition) is 2. The summed E-state index contributed by atoms with van der Waals surface area (Å²) in [5.41, 5.74) is 3.08. The summed E-state index contributed by atoms with van der Waals surface area (Å²) in [7, 11) is 0. The third kappa shape index (κ3) is 2.60. The Morgan fingerprint density at radius 1 is 0.882 bits per heavy atom. The fourth-order valence-electron chi connectivity index (χ4n) is 1.55. The van der Waals surface area contributed by atoms with Gasteiger partial charge in [0, 0.05) is 11.1 Å². The number of carbonyl (C=O) groups is 2. The lowest BCUT2D eigenvalue weighted by atomic mass is 10.0. The Morgan fingerprint density at radius 2 is 1.35 bits per heavy atom. The third-order valence-electron chi connectivity index (χ3n) is 2.49. The smallest absolute Gasteiger partial charge is 0.252 e. The van der Waals surface area contributed by atoms with Crippen LogP contribution in [0.4, 0.5) is 0 Å². The standard InChI is InChI=1S/C14H9ClO2/c15-14(17)13-7-5-12(6-8-13)11-3-1-10(9-16)2-4-11/h1-9H. The van der Waals surface area contributed by atoms with E-state index in [2.05, 4.69) is 0 Å². The largest absolute Gasteiger partial charge is 0.298 e. The molecule has 17 heavy (non-hydrogen) atoms.